The first-order valence-corrected chi connectivity index (χ1v) is 9.38. The highest BCUT2D eigenvalue weighted by atomic mass is 35.5. The van der Waals surface area contributed by atoms with E-state index in [-0.39, 0.29) is 17.2 Å². The van der Waals surface area contributed by atoms with Crippen molar-refractivity contribution in [3.63, 3.8) is 0 Å². The summed E-state index contributed by atoms with van der Waals surface area (Å²) in [5.74, 6) is -1.27. The summed E-state index contributed by atoms with van der Waals surface area (Å²) in [6.07, 6.45) is 0. The van der Waals surface area contributed by atoms with Gasteiger partial charge in [-0.2, -0.15) is 0 Å². The number of aliphatic hydroxyl groups excluding tert-OH is 1. The monoisotopic (exact) mass is 428 g/mol. The lowest BCUT2D eigenvalue weighted by Crippen LogP contribution is -2.29. The van der Waals surface area contributed by atoms with E-state index in [1.807, 2.05) is 0 Å². The molecular weight excluding hydrogens is 415 g/mol. The van der Waals surface area contributed by atoms with Crippen molar-refractivity contribution in [1.82, 2.24) is 5.16 Å². The van der Waals surface area contributed by atoms with Gasteiger partial charge >= 0.3 is 5.91 Å². The number of anilines is 1. The van der Waals surface area contributed by atoms with Crippen LogP contribution in [-0.2, 0) is 9.59 Å². The molecule has 1 aliphatic rings. The maximum absolute atomic E-state index is 12.9. The van der Waals surface area contributed by atoms with Crippen LogP contribution in [0, 0.1) is 6.92 Å². The van der Waals surface area contributed by atoms with Crippen LogP contribution in [0.3, 0.4) is 0 Å². The van der Waals surface area contributed by atoms with Crippen molar-refractivity contribution >= 4 is 46.5 Å². The largest absolute Gasteiger partial charge is 0.507 e. The maximum atomic E-state index is 12.9. The SMILES string of the molecule is Cc1cc(N2C(=O)C(=O)C(=C(O)c3ccc(Cl)cc3)[C@@H]2c2ccc(Cl)cc2)no1. The second kappa shape index (κ2) is 7.39. The molecule has 3 aromatic rings. The Hall–Kier alpha value is -3.09. The molecule has 1 amide bonds. The molecule has 1 saturated heterocycles. The molecule has 0 bridgehead atoms. The summed E-state index contributed by atoms with van der Waals surface area (Å²) in [7, 11) is 0. The van der Waals surface area contributed by atoms with Crippen LogP contribution in [0.5, 0.6) is 0 Å². The van der Waals surface area contributed by atoms with Crippen LogP contribution in [0.2, 0.25) is 10.0 Å². The van der Waals surface area contributed by atoms with Crippen molar-refractivity contribution in [2.24, 2.45) is 0 Å². The fraction of sp³-hybridized carbons (Fsp3) is 0.0952. The lowest BCUT2D eigenvalue weighted by Gasteiger charge is -2.22. The first kappa shape index (κ1) is 19.2. The van der Waals surface area contributed by atoms with Crippen LogP contribution in [0.25, 0.3) is 5.76 Å². The molecular formula is C21H14Cl2N2O4. The third-order valence-electron chi connectivity index (χ3n) is 4.61. The number of benzene rings is 2. The molecule has 1 fully saturated rings. The summed E-state index contributed by atoms with van der Waals surface area (Å²) in [5.41, 5.74) is 0.896. The van der Waals surface area contributed by atoms with Gasteiger partial charge in [0.1, 0.15) is 11.5 Å². The summed E-state index contributed by atoms with van der Waals surface area (Å²) < 4.78 is 5.09. The number of nitrogens with zero attached hydrogens (tertiary/aromatic N) is 2. The number of halogens is 2. The standard InChI is InChI=1S/C21H14Cl2N2O4/c1-11-10-16(24-29-11)25-18(12-2-6-14(22)7-3-12)17(20(27)21(25)28)19(26)13-4-8-15(23)9-5-13/h2-10,18,26H,1H3/t18-/m0/s1. The van der Waals surface area contributed by atoms with E-state index in [1.54, 1.807) is 61.5 Å². The molecule has 0 radical (unpaired) electrons. The van der Waals surface area contributed by atoms with Crippen LogP contribution in [-0.4, -0.2) is 22.0 Å². The first-order chi connectivity index (χ1) is 13.9. The zero-order valence-electron chi connectivity index (χ0n) is 15.1. The molecule has 6 nitrogen and oxygen atoms in total. The molecule has 4 rings (SSSR count). The van der Waals surface area contributed by atoms with Crippen LogP contribution < -0.4 is 4.90 Å². The second-order valence-corrected chi connectivity index (χ2v) is 7.40. The van der Waals surface area contributed by atoms with Gasteiger partial charge in [0.15, 0.2) is 5.82 Å². The molecule has 0 unspecified atom stereocenters. The highest BCUT2D eigenvalue weighted by molar-refractivity contribution is 6.51. The highest BCUT2D eigenvalue weighted by Crippen LogP contribution is 2.42. The summed E-state index contributed by atoms with van der Waals surface area (Å²) in [4.78, 5) is 27.0. The molecule has 2 aromatic carbocycles. The van der Waals surface area contributed by atoms with Gasteiger partial charge in [0.2, 0.25) is 0 Å². The van der Waals surface area contributed by atoms with Gasteiger partial charge in [-0.15, -0.1) is 0 Å². The normalized spacial score (nSPS) is 18.4. The molecule has 8 heteroatoms. The highest BCUT2D eigenvalue weighted by Gasteiger charge is 2.48. The van der Waals surface area contributed by atoms with E-state index in [0.717, 1.165) is 0 Å². The van der Waals surface area contributed by atoms with Crippen molar-refractivity contribution in [2.45, 2.75) is 13.0 Å². The van der Waals surface area contributed by atoms with E-state index in [1.165, 1.54) is 4.90 Å². The van der Waals surface area contributed by atoms with Gasteiger partial charge in [0.05, 0.1) is 11.6 Å². The van der Waals surface area contributed by atoms with Gasteiger partial charge < -0.3 is 9.63 Å². The van der Waals surface area contributed by atoms with E-state index in [4.69, 9.17) is 27.7 Å². The van der Waals surface area contributed by atoms with Gasteiger partial charge in [0, 0.05) is 21.7 Å². The minimum absolute atomic E-state index is 0.0553. The molecule has 0 aliphatic carbocycles. The van der Waals surface area contributed by atoms with Gasteiger partial charge in [-0.25, -0.2) is 0 Å². The molecule has 2 heterocycles. The van der Waals surface area contributed by atoms with Crippen molar-refractivity contribution in [3.05, 3.63) is 87.1 Å². The fourth-order valence-corrected chi connectivity index (χ4v) is 3.51. The number of carbonyl (C=O) groups is 2. The number of carbonyl (C=O) groups excluding carboxylic acids is 2. The molecule has 1 N–H and O–H groups in total. The number of hydrogen-bond donors (Lipinski definition) is 1. The Bertz CT molecular complexity index is 1130. The molecule has 146 valence electrons. The van der Waals surface area contributed by atoms with Crippen molar-refractivity contribution in [3.8, 4) is 0 Å². The van der Waals surface area contributed by atoms with Crippen molar-refractivity contribution < 1.29 is 19.2 Å². The number of rotatable bonds is 3. The minimum atomic E-state index is -0.896. The van der Waals surface area contributed by atoms with E-state index in [0.29, 0.717) is 26.9 Å². The zero-order valence-corrected chi connectivity index (χ0v) is 16.6. The van der Waals surface area contributed by atoms with E-state index < -0.39 is 17.7 Å². The number of hydrogen-bond acceptors (Lipinski definition) is 5. The smallest absolute Gasteiger partial charge is 0.301 e. The topological polar surface area (TPSA) is 83.6 Å². The number of aromatic nitrogens is 1. The molecule has 1 aromatic heterocycles. The summed E-state index contributed by atoms with van der Waals surface area (Å²) in [6, 6.07) is 13.6. The lowest BCUT2D eigenvalue weighted by atomic mass is 9.95. The van der Waals surface area contributed by atoms with E-state index in [2.05, 4.69) is 5.16 Å². The number of aliphatic hydroxyl groups is 1. The molecule has 1 aliphatic heterocycles. The maximum Gasteiger partial charge on any atom is 0.301 e. The molecule has 29 heavy (non-hydrogen) atoms. The first-order valence-electron chi connectivity index (χ1n) is 8.62. The lowest BCUT2D eigenvalue weighted by molar-refractivity contribution is -0.132. The fourth-order valence-electron chi connectivity index (χ4n) is 3.26. The molecule has 1 atom stereocenters. The van der Waals surface area contributed by atoms with Crippen molar-refractivity contribution in [1.29, 1.82) is 0 Å². The predicted octanol–water partition coefficient (Wildman–Crippen LogP) is 4.92. The predicted molar refractivity (Wildman–Crippen MR) is 109 cm³/mol. The molecule has 0 spiro atoms. The Kier molecular flexibility index (Phi) is 4.90. The van der Waals surface area contributed by atoms with Gasteiger partial charge in [-0.3, -0.25) is 14.5 Å². The van der Waals surface area contributed by atoms with Crippen LogP contribution in [0.1, 0.15) is 22.9 Å². The Balaban J connectivity index is 1.93. The summed E-state index contributed by atoms with van der Waals surface area (Å²) >= 11 is 11.9. The Morgan fingerprint density at radius 1 is 1.03 bits per heavy atom. The second-order valence-electron chi connectivity index (χ2n) is 6.52. The van der Waals surface area contributed by atoms with Gasteiger partial charge in [-0.05, 0) is 48.9 Å². The average Bonchev–Trinajstić information content (AvgIpc) is 3.24. The van der Waals surface area contributed by atoms with Crippen LogP contribution in [0.4, 0.5) is 5.82 Å². The average molecular weight is 429 g/mol. The third-order valence-corrected chi connectivity index (χ3v) is 5.11. The van der Waals surface area contributed by atoms with E-state index in [9.17, 15) is 14.7 Å². The summed E-state index contributed by atoms with van der Waals surface area (Å²) in [5, 5.41) is 15.8. The Labute approximate surface area is 175 Å². The zero-order chi connectivity index (χ0) is 20.7. The van der Waals surface area contributed by atoms with E-state index >= 15 is 0 Å². The number of ketones is 1. The minimum Gasteiger partial charge on any atom is -0.507 e. The third kappa shape index (κ3) is 3.41. The Morgan fingerprint density at radius 3 is 2.17 bits per heavy atom. The van der Waals surface area contributed by atoms with Crippen LogP contribution in [0.15, 0.2) is 64.7 Å². The summed E-state index contributed by atoms with van der Waals surface area (Å²) in [6.45, 7) is 1.68. The van der Waals surface area contributed by atoms with Gasteiger partial charge in [-0.1, -0.05) is 40.5 Å². The van der Waals surface area contributed by atoms with Gasteiger partial charge in [0.25, 0.3) is 5.78 Å². The number of aryl methyl sites for hydroxylation is 1. The van der Waals surface area contributed by atoms with Crippen LogP contribution >= 0.6 is 23.2 Å². The van der Waals surface area contributed by atoms with Crippen molar-refractivity contribution in [2.75, 3.05) is 4.90 Å². The quantitative estimate of drug-likeness (QED) is 0.363. The Morgan fingerprint density at radius 2 is 1.62 bits per heavy atom. The number of amides is 1. The number of Topliss-reactive ketones (excluding diaryl/α,β-unsaturated/α-hetero) is 1. The molecule has 0 saturated carbocycles.